The lowest BCUT2D eigenvalue weighted by molar-refractivity contribution is -0.233. The van der Waals surface area contributed by atoms with Gasteiger partial charge in [0.2, 0.25) is 5.60 Å². The number of esters is 2. The maximum absolute atomic E-state index is 14.0. The number of rotatable bonds is 3. The minimum atomic E-state index is -2.12. The number of carbonyl (C=O) groups excluding carboxylic acids is 2. The molecule has 0 aromatic heterocycles. The van der Waals surface area contributed by atoms with Gasteiger partial charge in [0.25, 0.3) is 0 Å². The van der Waals surface area contributed by atoms with Crippen LogP contribution in [-0.2, 0) is 19.1 Å². The molecule has 8 nitrogen and oxygen atoms in total. The van der Waals surface area contributed by atoms with Gasteiger partial charge >= 0.3 is 11.9 Å². The Bertz CT molecular complexity index is 1180. The summed E-state index contributed by atoms with van der Waals surface area (Å²) in [5.74, 6) is -1.36. The quantitative estimate of drug-likeness (QED) is 0.323. The molecule has 6 rings (SSSR count). The third-order valence-electron chi connectivity index (χ3n) is 12.8. The van der Waals surface area contributed by atoms with Crippen LogP contribution in [0.4, 0.5) is 0 Å². The van der Waals surface area contributed by atoms with E-state index in [1.807, 2.05) is 33.8 Å². The van der Waals surface area contributed by atoms with Gasteiger partial charge in [0.15, 0.2) is 6.10 Å². The Labute approximate surface area is 224 Å². The molecule has 1 saturated heterocycles. The van der Waals surface area contributed by atoms with E-state index in [2.05, 4.69) is 13.8 Å². The second-order valence-corrected chi connectivity index (χ2v) is 14.5. The summed E-state index contributed by atoms with van der Waals surface area (Å²) in [6, 6.07) is 0. The first kappa shape index (κ1) is 26.5. The van der Waals surface area contributed by atoms with Crippen molar-refractivity contribution in [2.75, 3.05) is 6.61 Å². The summed E-state index contributed by atoms with van der Waals surface area (Å²) >= 11 is 0. The molecule has 6 aliphatic rings. The first-order valence-electron chi connectivity index (χ1n) is 14.0. The SMILES string of the molecule is CC1=C[C@]23C(O)[C@@H](C=C(CO)[C@@H](O)[C@]2(O)[C@H]1OC(=O)C12CCC(C)(C(=O)O1)C2(C)C)[C@H]1[C@@H](C[C@H]3C)C1(C)C. The van der Waals surface area contributed by atoms with Crippen LogP contribution in [0.15, 0.2) is 23.3 Å². The average molecular weight is 531 g/mol. The van der Waals surface area contributed by atoms with Gasteiger partial charge in [-0.2, -0.15) is 0 Å². The van der Waals surface area contributed by atoms with Crippen molar-refractivity contribution in [3.63, 3.8) is 0 Å². The van der Waals surface area contributed by atoms with Crippen molar-refractivity contribution < 1.29 is 39.5 Å². The predicted octanol–water partition coefficient (Wildman–Crippen LogP) is 2.28. The Hall–Kier alpha value is -1.74. The third kappa shape index (κ3) is 2.54. The normalized spacial score (nSPS) is 53.1. The zero-order valence-corrected chi connectivity index (χ0v) is 23.4. The molecule has 8 heteroatoms. The molecule has 1 spiro atoms. The van der Waals surface area contributed by atoms with Gasteiger partial charge in [-0.1, -0.05) is 46.8 Å². The molecule has 38 heavy (non-hydrogen) atoms. The van der Waals surface area contributed by atoms with Gasteiger partial charge in [-0.05, 0) is 67.4 Å². The summed E-state index contributed by atoms with van der Waals surface area (Å²) < 4.78 is 11.9. The molecule has 1 heterocycles. The van der Waals surface area contributed by atoms with Crippen LogP contribution in [-0.4, -0.2) is 68.5 Å². The van der Waals surface area contributed by atoms with Crippen molar-refractivity contribution in [2.45, 2.75) is 97.2 Å². The Morgan fingerprint density at radius 2 is 1.82 bits per heavy atom. The predicted molar refractivity (Wildman–Crippen MR) is 136 cm³/mol. The Morgan fingerprint density at radius 3 is 2.37 bits per heavy atom. The maximum Gasteiger partial charge on any atom is 0.351 e. The summed E-state index contributed by atoms with van der Waals surface area (Å²) in [6.07, 6.45) is 1.15. The average Bonchev–Trinajstić information content (AvgIpc) is 3.17. The highest BCUT2D eigenvalue weighted by Crippen LogP contribution is 2.73. The minimum absolute atomic E-state index is 0.0125. The fraction of sp³-hybridized carbons (Fsp3) is 0.800. The Morgan fingerprint density at radius 1 is 1.16 bits per heavy atom. The highest BCUT2D eigenvalue weighted by molar-refractivity contribution is 5.93. The first-order chi connectivity index (χ1) is 17.5. The van der Waals surface area contributed by atoms with Crippen LogP contribution < -0.4 is 0 Å². The first-order valence-corrected chi connectivity index (χ1v) is 14.0. The molecular weight excluding hydrogens is 488 g/mol. The van der Waals surface area contributed by atoms with Crippen molar-refractivity contribution in [3.8, 4) is 0 Å². The van der Waals surface area contributed by atoms with Crippen LogP contribution in [0.5, 0.6) is 0 Å². The Kier molecular flexibility index (Phi) is 5.09. The van der Waals surface area contributed by atoms with Crippen molar-refractivity contribution in [1.82, 2.24) is 0 Å². The van der Waals surface area contributed by atoms with E-state index in [0.717, 1.165) is 6.42 Å². The lowest BCUT2D eigenvalue weighted by Crippen LogP contribution is -2.67. The van der Waals surface area contributed by atoms with Gasteiger partial charge in [-0.15, -0.1) is 0 Å². The van der Waals surface area contributed by atoms with Crippen LogP contribution >= 0.6 is 0 Å². The number of ether oxygens (including phenoxy) is 2. The number of fused-ring (bicyclic) bond motifs is 5. The van der Waals surface area contributed by atoms with Crippen LogP contribution in [0.2, 0.25) is 0 Å². The number of carbonyl (C=O) groups is 2. The van der Waals surface area contributed by atoms with Crippen LogP contribution in [0, 0.1) is 45.3 Å². The molecule has 0 amide bonds. The van der Waals surface area contributed by atoms with Gasteiger partial charge in [-0.3, -0.25) is 4.79 Å². The highest BCUT2D eigenvalue weighted by atomic mass is 16.6. The second kappa shape index (κ2) is 7.31. The van der Waals surface area contributed by atoms with Crippen LogP contribution in [0.25, 0.3) is 0 Å². The van der Waals surface area contributed by atoms with E-state index in [9.17, 15) is 30.0 Å². The fourth-order valence-electron chi connectivity index (χ4n) is 9.81. The summed E-state index contributed by atoms with van der Waals surface area (Å²) in [7, 11) is 0. The van der Waals surface area contributed by atoms with Crippen LogP contribution in [0.3, 0.4) is 0 Å². The van der Waals surface area contributed by atoms with Crippen LogP contribution in [0.1, 0.15) is 67.7 Å². The van der Waals surface area contributed by atoms with E-state index in [1.54, 1.807) is 13.0 Å². The van der Waals surface area contributed by atoms with Gasteiger partial charge in [-0.25, -0.2) is 4.79 Å². The molecule has 5 aliphatic carbocycles. The molecular formula is C30H42O8. The van der Waals surface area contributed by atoms with Gasteiger partial charge < -0.3 is 29.9 Å². The van der Waals surface area contributed by atoms with Gasteiger partial charge in [0.1, 0.15) is 11.7 Å². The molecule has 0 aromatic rings. The fourth-order valence-corrected chi connectivity index (χ4v) is 9.81. The lowest BCUT2D eigenvalue weighted by atomic mass is 9.58. The molecule has 11 atom stereocenters. The molecule has 4 bridgehead atoms. The van der Waals surface area contributed by atoms with Crippen molar-refractivity contribution in [2.24, 2.45) is 45.3 Å². The summed E-state index contributed by atoms with van der Waals surface area (Å²) in [4.78, 5) is 26.8. The largest absolute Gasteiger partial charge is 0.452 e. The molecule has 4 fully saturated rings. The molecule has 3 unspecified atom stereocenters. The third-order valence-corrected chi connectivity index (χ3v) is 12.8. The monoisotopic (exact) mass is 530 g/mol. The van der Waals surface area contributed by atoms with Crippen molar-refractivity contribution >= 4 is 11.9 Å². The molecule has 1 aliphatic heterocycles. The molecule has 210 valence electrons. The topological polar surface area (TPSA) is 134 Å². The number of aliphatic hydroxyl groups excluding tert-OH is 3. The van der Waals surface area contributed by atoms with E-state index in [4.69, 9.17) is 9.47 Å². The zero-order valence-electron chi connectivity index (χ0n) is 23.4. The smallest absolute Gasteiger partial charge is 0.351 e. The maximum atomic E-state index is 14.0. The standard InChI is InChI=1S/C30H42O8/c1-14-12-28-15(2)10-18-19(25(18,3)4)17(21(28)33)11-16(13-31)20(32)30(28,36)22(14)37-24(35)29-9-8-27(7,23(34)38-29)26(29,5)6/h11-12,15,17-22,31-33,36H,8-10,13H2,1-7H3/t15-,17+,18-,19+,20-,21?,22+,27?,28+,29?,30+/m1/s1. The number of hydrogen-bond acceptors (Lipinski definition) is 8. The van der Waals surface area contributed by atoms with Crippen molar-refractivity contribution in [3.05, 3.63) is 23.3 Å². The Balaban J connectivity index is 1.45. The molecule has 4 N–H and O–H groups in total. The second-order valence-electron chi connectivity index (χ2n) is 14.5. The number of hydrogen-bond donors (Lipinski definition) is 4. The molecule has 0 aromatic carbocycles. The summed E-state index contributed by atoms with van der Waals surface area (Å²) in [6.45, 7) is 13.1. The van der Waals surface area contributed by atoms with Gasteiger partial charge in [0, 0.05) is 11.3 Å². The van der Waals surface area contributed by atoms with E-state index < -0.39 is 64.3 Å². The summed E-state index contributed by atoms with van der Waals surface area (Å²) in [5.41, 5.74) is -5.87. The highest BCUT2D eigenvalue weighted by Gasteiger charge is 2.79. The minimum Gasteiger partial charge on any atom is -0.452 e. The lowest BCUT2D eigenvalue weighted by Gasteiger charge is -2.52. The number of aliphatic hydroxyl groups is 4. The van der Waals surface area contributed by atoms with E-state index >= 15 is 0 Å². The van der Waals surface area contributed by atoms with Crippen molar-refractivity contribution in [1.29, 1.82) is 0 Å². The molecule has 3 saturated carbocycles. The summed E-state index contributed by atoms with van der Waals surface area (Å²) in [5, 5.41) is 46.8. The van der Waals surface area contributed by atoms with E-state index in [0.29, 0.717) is 24.3 Å². The molecule has 0 radical (unpaired) electrons. The van der Waals surface area contributed by atoms with E-state index in [-0.39, 0.29) is 28.7 Å². The zero-order chi connectivity index (χ0) is 28.0. The van der Waals surface area contributed by atoms with E-state index in [1.165, 1.54) is 0 Å². The van der Waals surface area contributed by atoms with Gasteiger partial charge in [0.05, 0.1) is 23.5 Å².